The highest BCUT2D eigenvalue weighted by Crippen LogP contribution is 2.18. The normalized spacial score (nSPS) is 20.9. The van der Waals surface area contributed by atoms with Crippen molar-refractivity contribution in [1.82, 2.24) is 15.5 Å². The lowest BCUT2D eigenvalue weighted by Gasteiger charge is -2.08. The predicted molar refractivity (Wildman–Crippen MR) is 76.1 cm³/mol. The molecule has 0 saturated carbocycles. The molecule has 0 aromatic carbocycles. The number of nitrogen functional groups attached to an aromatic ring is 1. The fraction of sp³-hybridized carbons (Fsp3) is 0.667. The van der Waals surface area contributed by atoms with Crippen molar-refractivity contribution in [3.8, 4) is 0 Å². The number of carbonyl (C=O) groups excluding carboxylic acids is 1. The zero-order valence-electron chi connectivity index (χ0n) is 11.5. The molecule has 112 valence electrons. The number of nitrogens with zero attached hydrogens (tertiary/aromatic N) is 1. The van der Waals surface area contributed by atoms with Crippen LogP contribution in [0.5, 0.6) is 0 Å². The number of nitrogens with two attached hydrogens (primary N) is 1. The van der Waals surface area contributed by atoms with Crippen LogP contribution in [-0.4, -0.2) is 42.6 Å². The van der Waals surface area contributed by atoms with Crippen molar-refractivity contribution < 1.29 is 13.2 Å². The third-order valence-corrected chi connectivity index (χ3v) is 5.31. The number of H-pyrrole nitrogens is 1. The number of aromatic amines is 1. The quantitative estimate of drug-likeness (QED) is 0.713. The second-order valence-electron chi connectivity index (χ2n) is 5.19. The van der Waals surface area contributed by atoms with Crippen LogP contribution in [-0.2, 0) is 16.3 Å². The molecular weight excluding hydrogens is 280 g/mol. The molecule has 0 aliphatic carbocycles. The fourth-order valence-electron chi connectivity index (χ4n) is 2.35. The smallest absolute Gasteiger partial charge is 0.273 e. The van der Waals surface area contributed by atoms with E-state index in [-0.39, 0.29) is 29.0 Å². The highest BCUT2D eigenvalue weighted by molar-refractivity contribution is 7.91. The topological polar surface area (TPSA) is 118 Å². The first-order valence-electron chi connectivity index (χ1n) is 6.74. The van der Waals surface area contributed by atoms with Crippen LogP contribution in [0.4, 0.5) is 5.69 Å². The van der Waals surface area contributed by atoms with Gasteiger partial charge in [-0.05, 0) is 18.8 Å². The predicted octanol–water partition coefficient (Wildman–Crippen LogP) is 0.109. The zero-order chi connectivity index (χ0) is 14.8. The van der Waals surface area contributed by atoms with Gasteiger partial charge in [-0.1, -0.05) is 13.3 Å². The van der Waals surface area contributed by atoms with Gasteiger partial charge in [0.1, 0.15) is 0 Å². The molecule has 20 heavy (non-hydrogen) atoms. The average Bonchev–Trinajstić information content (AvgIpc) is 2.91. The Balaban J connectivity index is 1.92. The number of sulfone groups is 1. The molecule has 8 heteroatoms. The van der Waals surface area contributed by atoms with Gasteiger partial charge in [0.05, 0.1) is 22.9 Å². The minimum atomic E-state index is -2.92. The van der Waals surface area contributed by atoms with Gasteiger partial charge >= 0.3 is 0 Å². The van der Waals surface area contributed by atoms with Gasteiger partial charge in [0.15, 0.2) is 15.5 Å². The Kier molecular flexibility index (Phi) is 4.32. The Morgan fingerprint density at radius 3 is 2.90 bits per heavy atom. The summed E-state index contributed by atoms with van der Waals surface area (Å²) < 4.78 is 22.7. The summed E-state index contributed by atoms with van der Waals surface area (Å²) in [5, 5.41) is 9.40. The number of aromatic nitrogens is 2. The Morgan fingerprint density at radius 2 is 2.30 bits per heavy atom. The summed E-state index contributed by atoms with van der Waals surface area (Å²) in [4.78, 5) is 12.0. The largest absolute Gasteiger partial charge is 0.395 e. The summed E-state index contributed by atoms with van der Waals surface area (Å²) in [6.45, 7) is 2.36. The van der Waals surface area contributed by atoms with Crippen molar-refractivity contribution in [2.24, 2.45) is 5.92 Å². The van der Waals surface area contributed by atoms with Crippen LogP contribution in [0.3, 0.4) is 0 Å². The van der Waals surface area contributed by atoms with Gasteiger partial charge in [-0.25, -0.2) is 8.42 Å². The molecule has 2 heterocycles. The lowest BCUT2D eigenvalue weighted by atomic mass is 10.1. The van der Waals surface area contributed by atoms with Crippen molar-refractivity contribution in [1.29, 1.82) is 0 Å². The molecule has 0 bridgehead atoms. The second-order valence-corrected chi connectivity index (χ2v) is 7.42. The maximum Gasteiger partial charge on any atom is 0.273 e. The average molecular weight is 300 g/mol. The summed E-state index contributed by atoms with van der Waals surface area (Å²) in [5.41, 5.74) is 7.20. The molecular formula is C12H20N4O3S. The number of anilines is 1. The van der Waals surface area contributed by atoms with E-state index in [9.17, 15) is 13.2 Å². The van der Waals surface area contributed by atoms with Gasteiger partial charge in [-0.3, -0.25) is 9.89 Å². The Labute approximate surface area is 118 Å². The first-order valence-corrected chi connectivity index (χ1v) is 8.56. The molecule has 1 aromatic heterocycles. The highest BCUT2D eigenvalue weighted by Gasteiger charge is 2.28. The fourth-order valence-corrected chi connectivity index (χ4v) is 4.22. The number of hydrogen-bond acceptors (Lipinski definition) is 5. The molecule has 1 atom stereocenters. The van der Waals surface area contributed by atoms with Crippen LogP contribution in [0.15, 0.2) is 0 Å². The molecule has 0 radical (unpaired) electrons. The third-order valence-electron chi connectivity index (χ3n) is 3.48. The monoisotopic (exact) mass is 300 g/mol. The lowest BCUT2D eigenvalue weighted by molar-refractivity contribution is 0.0944. The van der Waals surface area contributed by atoms with Crippen LogP contribution in [0.1, 0.15) is 35.9 Å². The van der Waals surface area contributed by atoms with Crippen LogP contribution in [0.25, 0.3) is 0 Å². The van der Waals surface area contributed by atoms with Gasteiger partial charge in [0.25, 0.3) is 5.91 Å². The Hall–Kier alpha value is -1.57. The van der Waals surface area contributed by atoms with Crippen LogP contribution < -0.4 is 11.1 Å². The number of carbonyl (C=O) groups is 1. The summed E-state index contributed by atoms with van der Waals surface area (Å²) in [6.07, 6.45) is 2.25. The van der Waals surface area contributed by atoms with E-state index in [0.29, 0.717) is 18.7 Å². The van der Waals surface area contributed by atoms with E-state index in [1.165, 1.54) is 0 Å². The molecule has 1 aliphatic rings. The number of nitrogens with one attached hydrogen (secondary N) is 2. The maximum absolute atomic E-state index is 12.0. The van der Waals surface area contributed by atoms with E-state index in [1.54, 1.807) is 0 Å². The summed E-state index contributed by atoms with van der Waals surface area (Å²) in [7, 11) is -2.92. The first kappa shape index (κ1) is 14.8. The lowest BCUT2D eigenvalue weighted by Crippen LogP contribution is -2.30. The van der Waals surface area contributed by atoms with Gasteiger partial charge in [0.2, 0.25) is 0 Å². The van der Waals surface area contributed by atoms with E-state index in [1.807, 2.05) is 6.92 Å². The third kappa shape index (κ3) is 3.30. The molecule has 0 spiro atoms. The highest BCUT2D eigenvalue weighted by atomic mass is 32.2. The standard InChI is InChI=1S/C12H20N4O3S/c1-2-3-9-10(13)11(16-15-9)12(17)14-6-8-4-5-20(18,19)7-8/h8H,2-7,13H2,1H3,(H,14,17)(H,15,16). The molecule has 1 aromatic rings. The molecule has 1 amide bonds. The Bertz CT molecular complexity index is 594. The maximum atomic E-state index is 12.0. The minimum Gasteiger partial charge on any atom is -0.395 e. The zero-order valence-corrected chi connectivity index (χ0v) is 12.3. The molecule has 4 N–H and O–H groups in total. The van der Waals surface area contributed by atoms with Crippen molar-refractivity contribution in [3.05, 3.63) is 11.4 Å². The van der Waals surface area contributed by atoms with Crippen LogP contribution >= 0.6 is 0 Å². The van der Waals surface area contributed by atoms with Crippen molar-refractivity contribution in [3.63, 3.8) is 0 Å². The first-order chi connectivity index (χ1) is 9.43. The number of rotatable bonds is 5. The Morgan fingerprint density at radius 1 is 1.55 bits per heavy atom. The molecule has 1 saturated heterocycles. The van der Waals surface area contributed by atoms with Crippen LogP contribution in [0.2, 0.25) is 0 Å². The summed E-state index contributed by atoms with van der Waals surface area (Å²) >= 11 is 0. The number of hydrogen-bond donors (Lipinski definition) is 3. The van der Waals surface area contributed by atoms with Crippen molar-refractivity contribution in [2.45, 2.75) is 26.2 Å². The van der Waals surface area contributed by atoms with E-state index < -0.39 is 9.84 Å². The van der Waals surface area contributed by atoms with E-state index in [2.05, 4.69) is 15.5 Å². The molecule has 1 fully saturated rings. The minimum absolute atomic E-state index is 0.0146. The van der Waals surface area contributed by atoms with Crippen LogP contribution in [0, 0.1) is 5.92 Å². The van der Waals surface area contributed by atoms with Gasteiger partial charge in [0, 0.05) is 6.54 Å². The van der Waals surface area contributed by atoms with E-state index in [0.717, 1.165) is 18.5 Å². The molecule has 1 aliphatic heterocycles. The van der Waals surface area contributed by atoms with E-state index >= 15 is 0 Å². The summed E-state index contributed by atoms with van der Waals surface area (Å²) in [5.74, 6) is -0.0204. The molecule has 1 unspecified atom stereocenters. The molecule has 2 rings (SSSR count). The second kappa shape index (κ2) is 5.82. The van der Waals surface area contributed by atoms with Gasteiger partial charge in [-0.2, -0.15) is 5.10 Å². The number of aryl methyl sites for hydroxylation is 1. The van der Waals surface area contributed by atoms with Crippen molar-refractivity contribution in [2.75, 3.05) is 23.8 Å². The number of amides is 1. The van der Waals surface area contributed by atoms with E-state index in [4.69, 9.17) is 5.73 Å². The molecule has 7 nitrogen and oxygen atoms in total. The van der Waals surface area contributed by atoms with Gasteiger partial charge in [-0.15, -0.1) is 0 Å². The van der Waals surface area contributed by atoms with Gasteiger partial charge < -0.3 is 11.1 Å². The van der Waals surface area contributed by atoms with Crippen molar-refractivity contribution >= 4 is 21.4 Å². The summed E-state index contributed by atoms with van der Waals surface area (Å²) in [6, 6.07) is 0. The SMILES string of the molecule is CCCc1[nH]nc(C(=O)NCC2CCS(=O)(=O)C2)c1N.